The van der Waals surface area contributed by atoms with Crippen LogP contribution in [0.25, 0.3) is 0 Å². The monoisotopic (exact) mass is 235 g/mol. The summed E-state index contributed by atoms with van der Waals surface area (Å²) < 4.78 is 0. The number of rotatable bonds is 7. The summed E-state index contributed by atoms with van der Waals surface area (Å²) in [5, 5.41) is 11.8. The molecular formula is C12H17N3O2. The van der Waals surface area contributed by atoms with Crippen molar-refractivity contribution < 1.29 is 9.90 Å². The molecule has 0 aliphatic carbocycles. The van der Waals surface area contributed by atoms with E-state index in [1.165, 1.54) is 12.4 Å². The highest BCUT2D eigenvalue weighted by Crippen LogP contribution is 2.08. The second-order valence-corrected chi connectivity index (χ2v) is 3.86. The normalized spacial score (nSPS) is 11.8. The third-order valence-corrected chi connectivity index (χ3v) is 2.31. The van der Waals surface area contributed by atoms with Crippen LogP contribution >= 0.6 is 0 Å². The van der Waals surface area contributed by atoms with Crippen molar-refractivity contribution in [3.05, 3.63) is 30.7 Å². The van der Waals surface area contributed by atoms with Gasteiger partial charge in [0.25, 0.3) is 0 Å². The first-order valence-corrected chi connectivity index (χ1v) is 5.56. The Bertz CT molecular complexity index is 376. The van der Waals surface area contributed by atoms with E-state index in [4.69, 9.17) is 5.11 Å². The van der Waals surface area contributed by atoms with Crippen molar-refractivity contribution in [1.82, 2.24) is 9.97 Å². The van der Waals surface area contributed by atoms with Gasteiger partial charge in [0, 0.05) is 6.04 Å². The largest absolute Gasteiger partial charge is 0.476 e. The smallest absolute Gasteiger partial charge is 0.356 e. The lowest BCUT2D eigenvalue weighted by Crippen LogP contribution is -2.16. The molecule has 0 radical (unpaired) electrons. The lowest BCUT2D eigenvalue weighted by Gasteiger charge is -2.13. The first kappa shape index (κ1) is 13.2. The predicted molar refractivity (Wildman–Crippen MR) is 66.1 cm³/mol. The Kier molecular flexibility index (Phi) is 5.13. The molecule has 5 heteroatoms. The van der Waals surface area contributed by atoms with E-state index in [0.29, 0.717) is 5.82 Å². The molecule has 1 heterocycles. The maximum atomic E-state index is 10.6. The molecule has 0 aliphatic heterocycles. The molecule has 5 nitrogen and oxygen atoms in total. The second-order valence-electron chi connectivity index (χ2n) is 3.86. The Morgan fingerprint density at radius 2 is 2.35 bits per heavy atom. The number of hydrogen-bond acceptors (Lipinski definition) is 4. The van der Waals surface area contributed by atoms with Gasteiger partial charge in [0.2, 0.25) is 0 Å². The molecule has 2 N–H and O–H groups in total. The third-order valence-electron chi connectivity index (χ3n) is 2.31. The van der Waals surface area contributed by atoms with E-state index in [1.54, 1.807) is 0 Å². The number of unbranched alkanes of at least 4 members (excludes halogenated alkanes) is 1. The van der Waals surface area contributed by atoms with Crippen LogP contribution in [0.15, 0.2) is 25.0 Å². The van der Waals surface area contributed by atoms with Gasteiger partial charge < -0.3 is 10.4 Å². The zero-order valence-corrected chi connectivity index (χ0v) is 9.89. The van der Waals surface area contributed by atoms with Crippen LogP contribution in [0.3, 0.4) is 0 Å². The number of allylic oxidation sites excluding steroid dienone is 1. The van der Waals surface area contributed by atoms with Crippen molar-refractivity contribution in [3.63, 3.8) is 0 Å². The summed E-state index contributed by atoms with van der Waals surface area (Å²) in [6.07, 6.45) is 7.66. The number of carboxylic acid groups (broad SMARTS) is 1. The van der Waals surface area contributed by atoms with Gasteiger partial charge in [-0.05, 0) is 26.2 Å². The Hall–Kier alpha value is -1.91. The number of nitrogens with zero attached hydrogens (tertiary/aromatic N) is 2. The highest BCUT2D eigenvalue weighted by molar-refractivity contribution is 5.84. The average Bonchev–Trinajstić information content (AvgIpc) is 2.30. The molecule has 0 saturated heterocycles. The maximum Gasteiger partial charge on any atom is 0.356 e. The second kappa shape index (κ2) is 6.62. The van der Waals surface area contributed by atoms with Gasteiger partial charge in [-0.25, -0.2) is 14.8 Å². The van der Waals surface area contributed by atoms with Gasteiger partial charge in [0.1, 0.15) is 5.82 Å². The molecule has 0 spiro atoms. The van der Waals surface area contributed by atoms with Gasteiger partial charge in [-0.2, -0.15) is 0 Å². The standard InChI is InChI=1S/C12H17N3O2/c1-3-4-5-6-9(2)15-11-8-13-10(7-14-11)12(16)17/h3,7-9H,1,4-6H2,2H3,(H,14,15)(H,16,17). The predicted octanol–water partition coefficient (Wildman–Crippen LogP) is 2.33. The fraction of sp³-hybridized carbons (Fsp3) is 0.417. The van der Waals surface area contributed by atoms with E-state index >= 15 is 0 Å². The SMILES string of the molecule is C=CCCCC(C)Nc1cnc(C(=O)O)cn1. The van der Waals surface area contributed by atoms with Crippen molar-refractivity contribution in [2.24, 2.45) is 0 Å². The summed E-state index contributed by atoms with van der Waals surface area (Å²) in [4.78, 5) is 18.4. The topological polar surface area (TPSA) is 75.1 Å². The van der Waals surface area contributed by atoms with Crippen LogP contribution in [-0.4, -0.2) is 27.1 Å². The lowest BCUT2D eigenvalue weighted by molar-refractivity contribution is 0.0690. The van der Waals surface area contributed by atoms with Crippen LogP contribution in [0.4, 0.5) is 5.82 Å². The van der Waals surface area contributed by atoms with Crippen LogP contribution in [-0.2, 0) is 0 Å². The highest BCUT2D eigenvalue weighted by atomic mass is 16.4. The van der Waals surface area contributed by atoms with Crippen LogP contribution in [0.5, 0.6) is 0 Å². The van der Waals surface area contributed by atoms with E-state index in [9.17, 15) is 4.79 Å². The van der Waals surface area contributed by atoms with E-state index in [-0.39, 0.29) is 11.7 Å². The average molecular weight is 235 g/mol. The Balaban J connectivity index is 2.45. The minimum Gasteiger partial charge on any atom is -0.476 e. The molecule has 1 atom stereocenters. The van der Waals surface area contributed by atoms with E-state index in [0.717, 1.165) is 19.3 Å². The molecule has 0 saturated carbocycles. The van der Waals surface area contributed by atoms with Crippen molar-refractivity contribution in [1.29, 1.82) is 0 Å². The van der Waals surface area contributed by atoms with Crippen molar-refractivity contribution in [2.45, 2.75) is 32.2 Å². The number of aromatic nitrogens is 2. The number of carbonyl (C=O) groups is 1. The van der Waals surface area contributed by atoms with Crippen LogP contribution in [0.1, 0.15) is 36.7 Å². The van der Waals surface area contributed by atoms with Crippen molar-refractivity contribution >= 4 is 11.8 Å². The molecule has 0 bridgehead atoms. The Morgan fingerprint density at radius 3 is 2.88 bits per heavy atom. The molecule has 92 valence electrons. The summed E-state index contributed by atoms with van der Waals surface area (Å²) in [5.41, 5.74) is -0.0464. The number of carboxylic acids is 1. The number of aromatic carboxylic acids is 1. The summed E-state index contributed by atoms with van der Waals surface area (Å²) in [5.74, 6) is -0.468. The molecule has 1 rings (SSSR count). The van der Waals surface area contributed by atoms with Gasteiger partial charge in [-0.1, -0.05) is 6.08 Å². The summed E-state index contributed by atoms with van der Waals surface area (Å²) >= 11 is 0. The molecular weight excluding hydrogens is 218 g/mol. The molecule has 17 heavy (non-hydrogen) atoms. The number of hydrogen-bond donors (Lipinski definition) is 2. The fourth-order valence-corrected chi connectivity index (χ4v) is 1.41. The molecule has 0 fully saturated rings. The molecule has 0 aliphatic rings. The van der Waals surface area contributed by atoms with Crippen molar-refractivity contribution in [3.8, 4) is 0 Å². The Labute approximate surface area is 101 Å². The molecule has 1 aromatic rings. The highest BCUT2D eigenvalue weighted by Gasteiger charge is 2.06. The van der Waals surface area contributed by atoms with Gasteiger partial charge in [-0.15, -0.1) is 6.58 Å². The molecule has 1 aromatic heterocycles. The molecule has 0 aromatic carbocycles. The van der Waals surface area contributed by atoms with E-state index < -0.39 is 5.97 Å². The Morgan fingerprint density at radius 1 is 1.59 bits per heavy atom. The van der Waals surface area contributed by atoms with Crippen LogP contribution < -0.4 is 5.32 Å². The van der Waals surface area contributed by atoms with Gasteiger partial charge >= 0.3 is 5.97 Å². The summed E-state index contributed by atoms with van der Waals surface area (Å²) in [6.45, 7) is 5.72. The van der Waals surface area contributed by atoms with E-state index in [1.807, 2.05) is 6.08 Å². The first-order chi connectivity index (χ1) is 8.13. The van der Waals surface area contributed by atoms with Crippen molar-refractivity contribution in [2.75, 3.05) is 5.32 Å². The minimum absolute atomic E-state index is 0.0464. The number of nitrogens with one attached hydrogen (secondary N) is 1. The van der Waals surface area contributed by atoms with E-state index in [2.05, 4.69) is 28.8 Å². The minimum atomic E-state index is -1.07. The zero-order chi connectivity index (χ0) is 12.7. The maximum absolute atomic E-state index is 10.6. The third kappa shape index (κ3) is 4.63. The van der Waals surface area contributed by atoms with Crippen LogP contribution in [0.2, 0.25) is 0 Å². The van der Waals surface area contributed by atoms with Gasteiger partial charge in [-0.3, -0.25) is 0 Å². The summed E-state index contributed by atoms with van der Waals surface area (Å²) in [6, 6.07) is 0.278. The summed E-state index contributed by atoms with van der Waals surface area (Å²) in [7, 11) is 0. The number of anilines is 1. The van der Waals surface area contributed by atoms with Gasteiger partial charge in [0.05, 0.1) is 12.4 Å². The quantitative estimate of drug-likeness (QED) is 0.560. The fourth-order valence-electron chi connectivity index (χ4n) is 1.41. The lowest BCUT2D eigenvalue weighted by atomic mass is 10.1. The van der Waals surface area contributed by atoms with Crippen LogP contribution in [0, 0.1) is 0 Å². The molecule has 0 amide bonds. The molecule has 1 unspecified atom stereocenters. The first-order valence-electron chi connectivity index (χ1n) is 5.56. The van der Waals surface area contributed by atoms with Gasteiger partial charge in [0.15, 0.2) is 5.69 Å². The zero-order valence-electron chi connectivity index (χ0n) is 9.89.